The van der Waals surface area contributed by atoms with E-state index in [1.54, 1.807) is 0 Å². The van der Waals surface area contributed by atoms with E-state index in [0.29, 0.717) is 13.1 Å². The minimum absolute atomic E-state index is 0.0490. The summed E-state index contributed by atoms with van der Waals surface area (Å²) in [6, 6.07) is 18.8. The van der Waals surface area contributed by atoms with Crippen molar-refractivity contribution in [2.45, 2.75) is 19.5 Å². The Morgan fingerprint density at radius 1 is 0.815 bits per heavy atom. The quantitative estimate of drug-likeness (QED) is 0.824. The molecule has 0 aliphatic carbocycles. The first kappa shape index (κ1) is 18.3. The first-order valence-electron chi connectivity index (χ1n) is 8.58. The molecule has 6 nitrogen and oxygen atoms in total. The van der Waals surface area contributed by atoms with Crippen LogP contribution in [0.3, 0.4) is 0 Å². The molecule has 3 rings (SSSR count). The van der Waals surface area contributed by atoms with Gasteiger partial charge in [0.2, 0.25) is 5.91 Å². The van der Waals surface area contributed by atoms with E-state index in [-0.39, 0.29) is 23.6 Å². The van der Waals surface area contributed by atoms with Crippen molar-refractivity contribution in [3.63, 3.8) is 0 Å². The predicted molar refractivity (Wildman–Crippen MR) is 102 cm³/mol. The summed E-state index contributed by atoms with van der Waals surface area (Å²) in [6.07, 6.45) is 1.26. The molecule has 0 radical (unpaired) electrons. The van der Waals surface area contributed by atoms with Crippen molar-refractivity contribution < 1.29 is 14.4 Å². The Balaban J connectivity index is 1.61. The first-order chi connectivity index (χ1) is 13.1. The van der Waals surface area contributed by atoms with Crippen LogP contribution in [0.5, 0.6) is 0 Å². The Bertz CT molecular complexity index is 903. The molecule has 0 spiro atoms. The lowest BCUT2D eigenvalue weighted by molar-refractivity contribution is -0.121. The number of hydrogen-bond acceptors (Lipinski definition) is 3. The zero-order chi connectivity index (χ0) is 19.1. The van der Waals surface area contributed by atoms with Crippen molar-refractivity contribution in [3.8, 4) is 0 Å². The third-order valence-electron chi connectivity index (χ3n) is 4.01. The van der Waals surface area contributed by atoms with Gasteiger partial charge in [-0.2, -0.15) is 0 Å². The van der Waals surface area contributed by atoms with Gasteiger partial charge in [-0.3, -0.25) is 14.4 Å². The average molecular weight is 361 g/mol. The average Bonchev–Trinajstić information content (AvgIpc) is 2.71. The number of carbonyl (C=O) groups is 3. The Morgan fingerprint density at radius 2 is 1.33 bits per heavy atom. The molecule has 27 heavy (non-hydrogen) atoms. The maximum Gasteiger partial charge on any atom is 0.270 e. The van der Waals surface area contributed by atoms with Crippen LogP contribution in [0, 0.1) is 0 Å². The van der Waals surface area contributed by atoms with Crippen LogP contribution in [0.4, 0.5) is 0 Å². The number of hydrogen-bond donors (Lipinski definition) is 2. The maximum absolute atomic E-state index is 12.3. The maximum atomic E-state index is 12.3. The van der Waals surface area contributed by atoms with E-state index in [9.17, 15) is 14.4 Å². The highest BCUT2D eigenvalue weighted by atomic mass is 16.2. The normalized spacial score (nSPS) is 13.4. The molecular weight excluding hydrogens is 342 g/mol. The van der Waals surface area contributed by atoms with Gasteiger partial charge in [0, 0.05) is 18.7 Å². The Hall–Kier alpha value is -3.54. The number of nitrogens with one attached hydrogen (secondary N) is 2. The molecule has 0 saturated carbocycles. The molecule has 0 bridgehead atoms. The molecule has 1 aliphatic rings. The van der Waals surface area contributed by atoms with E-state index in [0.717, 1.165) is 11.1 Å². The van der Waals surface area contributed by atoms with Gasteiger partial charge in [0.15, 0.2) is 0 Å². The number of carbonyl (C=O) groups excluding carboxylic acids is 3. The minimum Gasteiger partial charge on any atom is -0.348 e. The first-order valence-corrected chi connectivity index (χ1v) is 8.58. The van der Waals surface area contributed by atoms with Crippen LogP contribution in [0.15, 0.2) is 77.3 Å². The summed E-state index contributed by atoms with van der Waals surface area (Å²) in [4.78, 5) is 40.2. The second kappa shape index (κ2) is 8.71. The molecule has 2 N–H and O–H groups in total. The van der Waals surface area contributed by atoms with Crippen LogP contribution >= 0.6 is 0 Å². The fourth-order valence-corrected chi connectivity index (χ4v) is 2.61. The molecule has 1 aliphatic heterocycles. The van der Waals surface area contributed by atoms with Crippen LogP contribution in [0.2, 0.25) is 0 Å². The zero-order valence-electron chi connectivity index (χ0n) is 14.6. The molecule has 0 saturated heterocycles. The van der Waals surface area contributed by atoms with Gasteiger partial charge < -0.3 is 10.6 Å². The van der Waals surface area contributed by atoms with Gasteiger partial charge in [-0.05, 0) is 17.2 Å². The highest BCUT2D eigenvalue weighted by Gasteiger charge is 2.22. The van der Waals surface area contributed by atoms with E-state index in [1.807, 2.05) is 60.7 Å². The predicted octanol–water partition coefficient (Wildman–Crippen LogP) is 1.92. The van der Waals surface area contributed by atoms with E-state index in [2.05, 4.69) is 15.6 Å². The van der Waals surface area contributed by atoms with E-state index < -0.39 is 11.8 Å². The molecular formula is C21H19N3O3. The highest BCUT2D eigenvalue weighted by molar-refractivity contribution is 6.46. The molecule has 0 aromatic heterocycles. The van der Waals surface area contributed by atoms with Crippen molar-refractivity contribution in [1.82, 2.24) is 10.6 Å². The second-order valence-electron chi connectivity index (χ2n) is 6.07. The number of benzene rings is 2. The fraction of sp³-hybridized carbons (Fsp3) is 0.143. The van der Waals surface area contributed by atoms with Gasteiger partial charge in [0.1, 0.15) is 5.71 Å². The van der Waals surface area contributed by atoms with Crippen LogP contribution < -0.4 is 10.6 Å². The Labute approximate surface area is 157 Å². The van der Waals surface area contributed by atoms with Gasteiger partial charge in [-0.1, -0.05) is 60.7 Å². The minimum atomic E-state index is -0.507. The lowest BCUT2D eigenvalue weighted by atomic mass is 10.1. The van der Waals surface area contributed by atoms with Crippen molar-refractivity contribution in [2.75, 3.05) is 0 Å². The summed E-state index contributed by atoms with van der Waals surface area (Å²) < 4.78 is 0. The number of nitrogens with zero attached hydrogens (tertiary/aromatic N) is 1. The van der Waals surface area contributed by atoms with Crippen LogP contribution in [-0.2, 0) is 27.5 Å². The molecule has 0 atom stereocenters. The monoisotopic (exact) mass is 361 g/mol. The van der Waals surface area contributed by atoms with Gasteiger partial charge in [0.25, 0.3) is 11.8 Å². The van der Waals surface area contributed by atoms with Gasteiger partial charge in [0.05, 0.1) is 6.42 Å². The van der Waals surface area contributed by atoms with Crippen molar-refractivity contribution in [2.24, 2.45) is 4.99 Å². The van der Waals surface area contributed by atoms with Gasteiger partial charge in [-0.25, -0.2) is 4.99 Å². The lowest BCUT2D eigenvalue weighted by Crippen LogP contribution is -2.34. The molecule has 2 aromatic rings. The zero-order valence-corrected chi connectivity index (χ0v) is 14.6. The summed E-state index contributed by atoms with van der Waals surface area (Å²) in [7, 11) is 0. The molecule has 136 valence electrons. The third kappa shape index (κ3) is 5.22. The molecule has 0 unspecified atom stereocenters. The Kier molecular flexibility index (Phi) is 5.89. The van der Waals surface area contributed by atoms with Gasteiger partial charge in [-0.15, -0.1) is 0 Å². The third-order valence-corrected chi connectivity index (χ3v) is 4.01. The van der Waals surface area contributed by atoms with Crippen molar-refractivity contribution >= 4 is 23.4 Å². The molecule has 0 fully saturated rings. The number of amides is 3. The van der Waals surface area contributed by atoms with Crippen LogP contribution in [-0.4, -0.2) is 23.4 Å². The van der Waals surface area contributed by atoms with Crippen LogP contribution in [0.25, 0.3) is 0 Å². The fourth-order valence-electron chi connectivity index (χ4n) is 2.61. The summed E-state index contributed by atoms with van der Waals surface area (Å²) in [5.74, 6) is -1.37. The van der Waals surface area contributed by atoms with Crippen LogP contribution in [0.1, 0.15) is 17.5 Å². The largest absolute Gasteiger partial charge is 0.348 e. The summed E-state index contributed by atoms with van der Waals surface area (Å²) in [5, 5.41) is 5.47. The summed E-state index contributed by atoms with van der Waals surface area (Å²) in [5.41, 5.74) is 2.06. The summed E-state index contributed by atoms with van der Waals surface area (Å²) >= 11 is 0. The Morgan fingerprint density at radius 3 is 1.89 bits per heavy atom. The molecule has 3 amide bonds. The van der Waals surface area contributed by atoms with E-state index >= 15 is 0 Å². The smallest absolute Gasteiger partial charge is 0.270 e. The second-order valence-corrected chi connectivity index (χ2v) is 6.07. The van der Waals surface area contributed by atoms with E-state index in [1.165, 1.54) is 6.08 Å². The highest BCUT2D eigenvalue weighted by Crippen LogP contribution is 2.11. The topological polar surface area (TPSA) is 87.6 Å². The molecule has 6 heteroatoms. The number of rotatable bonds is 6. The molecule has 1 heterocycles. The number of dihydropyridines is 1. The standard InChI is InChI=1S/C21H19N3O3/c25-19-12-17(20(26)22-13-15-7-3-1-4-8-15)11-18(24-19)21(27)23-14-16-9-5-2-6-10-16/h1-11H,12-14H2,(H,22,26)(H,23,27). The summed E-state index contributed by atoms with van der Waals surface area (Å²) in [6.45, 7) is 0.661. The lowest BCUT2D eigenvalue weighted by Gasteiger charge is -2.13. The number of aliphatic imine (C=N–C) groups is 1. The molecule has 2 aromatic carbocycles. The van der Waals surface area contributed by atoms with Gasteiger partial charge >= 0.3 is 0 Å². The van der Waals surface area contributed by atoms with Crippen molar-refractivity contribution in [3.05, 3.63) is 83.4 Å². The van der Waals surface area contributed by atoms with Crippen molar-refractivity contribution in [1.29, 1.82) is 0 Å². The van der Waals surface area contributed by atoms with E-state index in [4.69, 9.17) is 0 Å². The SMILES string of the molecule is O=C1CC(C(=O)NCc2ccccc2)=CC(C(=O)NCc2ccccc2)=N1.